The molecule has 7 rings (SSSR count). The minimum absolute atomic E-state index is 0.0371. The van der Waals surface area contributed by atoms with Gasteiger partial charge in [-0.05, 0) is 78.8 Å². The van der Waals surface area contributed by atoms with Crippen molar-refractivity contribution in [1.82, 2.24) is 31.5 Å². The molecule has 1 heterocycles. The van der Waals surface area contributed by atoms with Crippen molar-refractivity contribution in [1.29, 1.82) is 0 Å². The Bertz CT molecular complexity index is 2200. The monoisotopic (exact) mass is 872 g/mol. The number of unbranched alkanes of at least 4 members (excludes halogenated alkanes) is 3. The lowest BCUT2D eigenvalue weighted by atomic mass is 9.94. The van der Waals surface area contributed by atoms with Crippen molar-refractivity contribution in [3.8, 4) is 0 Å². The van der Waals surface area contributed by atoms with E-state index in [1.54, 1.807) is 12.1 Å². The molecule has 7 atom stereocenters. The molecule has 0 bridgehead atoms. The van der Waals surface area contributed by atoms with E-state index in [1.165, 1.54) is 41.3 Å². The number of nitrogens with zero attached hydrogens (tertiary/aromatic N) is 1. The SMILES string of the molecule is CCCCCCC(=O)N[C@](O)(CNC(=O)c1ccc(C(=O)N2C[C@@H](C(=O)N[C@H]3C[C@@H]3c3ccccc3)[C@H](C(=O)N[C@H]3C[C@@H]3c3ccccc3)C2)cc1)C(=O)NCCc1ccc(F)cc1. The van der Waals surface area contributed by atoms with Crippen LogP contribution in [0.5, 0.6) is 0 Å². The van der Waals surface area contributed by atoms with Crippen LogP contribution in [-0.4, -0.2) is 89.4 Å². The molecule has 336 valence electrons. The first-order chi connectivity index (χ1) is 30.9. The van der Waals surface area contributed by atoms with Crippen molar-refractivity contribution in [3.63, 3.8) is 0 Å². The molecule has 6 amide bonds. The van der Waals surface area contributed by atoms with Crippen LogP contribution in [-0.2, 0) is 25.6 Å². The van der Waals surface area contributed by atoms with Crippen LogP contribution >= 0.6 is 0 Å². The standard InChI is InChI=1S/C50H57FN6O7/c1-2-3-4-11-16-44(58)56-50(64,49(63)52-26-25-32-17-23-37(51)24-18-32)31-53-45(59)35-19-21-36(22-20-35)48(62)57-29-40(46(60)54-42-27-38(42)33-12-7-5-8-13-33)41(30-57)47(61)55-43-28-39(43)34-14-9-6-10-15-34/h5-10,12-15,17-24,38-43,64H,2-4,11,16,25-31H2,1H3,(H,52,63)(H,53,59)(H,54,60)(H,55,61)(H,56,58)/t38-,39-,40-,41-,42+,43+,50+/m1/s1. The highest BCUT2D eigenvalue weighted by molar-refractivity contribution is 5.99. The van der Waals surface area contributed by atoms with Crippen molar-refractivity contribution in [2.75, 3.05) is 26.2 Å². The van der Waals surface area contributed by atoms with Gasteiger partial charge in [-0.15, -0.1) is 0 Å². The third-order valence-corrected chi connectivity index (χ3v) is 12.5. The summed E-state index contributed by atoms with van der Waals surface area (Å²) >= 11 is 0. The second kappa shape index (κ2) is 20.8. The lowest BCUT2D eigenvalue weighted by molar-refractivity contribution is -0.148. The molecule has 64 heavy (non-hydrogen) atoms. The van der Waals surface area contributed by atoms with Crippen molar-refractivity contribution < 1.29 is 38.3 Å². The Morgan fingerprint density at radius 1 is 0.688 bits per heavy atom. The summed E-state index contributed by atoms with van der Waals surface area (Å²) in [5.74, 6) is -4.65. The van der Waals surface area contributed by atoms with Crippen molar-refractivity contribution >= 4 is 35.4 Å². The Balaban J connectivity index is 0.976. The number of hydrogen-bond acceptors (Lipinski definition) is 7. The third kappa shape index (κ3) is 11.8. The van der Waals surface area contributed by atoms with Crippen LogP contribution in [0.2, 0.25) is 0 Å². The smallest absolute Gasteiger partial charge is 0.275 e. The molecule has 14 heteroatoms. The van der Waals surface area contributed by atoms with E-state index in [0.29, 0.717) is 12.8 Å². The second-order valence-corrected chi connectivity index (χ2v) is 17.3. The molecule has 3 aliphatic rings. The van der Waals surface area contributed by atoms with E-state index in [2.05, 4.69) is 26.6 Å². The number of carbonyl (C=O) groups is 6. The van der Waals surface area contributed by atoms with E-state index in [-0.39, 0.29) is 72.9 Å². The van der Waals surface area contributed by atoms with Gasteiger partial charge in [0.05, 0.1) is 18.4 Å². The van der Waals surface area contributed by atoms with Gasteiger partial charge in [-0.2, -0.15) is 0 Å². The summed E-state index contributed by atoms with van der Waals surface area (Å²) < 4.78 is 13.4. The highest BCUT2D eigenvalue weighted by Crippen LogP contribution is 2.42. The van der Waals surface area contributed by atoms with Gasteiger partial charge >= 0.3 is 0 Å². The van der Waals surface area contributed by atoms with E-state index in [1.807, 2.05) is 67.6 Å². The van der Waals surface area contributed by atoms with Gasteiger partial charge in [0.15, 0.2) is 0 Å². The molecule has 0 aromatic heterocycles. The molecular weight excluding hydrogens is 816 g/mol. The molecule has 0 unspecified atom stereocenters. The zero-order chi connectivity index (χ0) is 45.2. The van der Waals surface area contributed by atoms with Gasteiger partial charge in [-0.3, -0.25) is 28.8 Å². The van der Waals surface area contributed by atoms with E-state index in [0.717, 1.165) is 48.8 Å². The predicted octanol–water partition coefficient (Wildman–Crippen LogP) is 4.72. The topological polar surface area (TPSA) is 186 Å². The van der Waals surface area contributed by atoms with Gasteiger partial charge in [0.25, 0.3) is 17.7 Å². The Kier molecular flexibility index (Phi) is 14.9. The Morgan fingerprint density at radius 3 is 1.78 bits per heavy atom. The largest absolute Gasteiger partial charge is 0.362 e. The Labute approximate surface area is 373 Å². The van der Waals surface area contributed by atoms with Crippen molar-refractivity contribution in [2.24, 2.45) is 11.8 Å². The van der Waals surface area contributed by atoms with Gasteiger partial charge in [-0.1, -0.05) is 99.0 Å². The van der Waals surface area contributed by atoms with Gasteiger partial charge in [0.1, 0.15) is 5.82 Å². The molecule has 4 aromatic rings. The average Bonchev–Trinajstić information content (AvgIpc) is 4.22. The summed E-state index contributed by atoms with van der Waals surface area (Å²) in [4.78, 5) is 82.8. The minimum atomic E-state index is -2.48. The fourth-order valence-electron chi connectivity index (χ4n) is 8.49. The Morgan fingerprint density at radius 2 is 1.23 bits per heavy atom. The molecule has 0 spiro atoms. The average molecular weight is 873 g/mol. The van der Waals surface area contributed by atoms with Crippen LogP contribution in [0.3, 0.4) is 0 Å². The molecule has 4 aromatic carbocycles. The molecule has 6 N–H and O–H groups in total. The lowest BCUT2D eigenvalue weighted by Crippen LogP contribution is -2.64. The summed E-state index contributed by atoms with van der Waals surface area (Å²) in [5.41, 5.74) is 0.895. The van der Waals surface area contributed by atoms with Crippen molar-refractivity contribution in [2.45, 2.75) is 87.9 Å². The summed E-state index contributed by atoms with van der Waals surface area (Å²) in [6.07, 6.45) is 5.25. The fourth-order valence-corrected chi connectivity index (χ4v) is 8.49. The van der Waals surface area contributed by atoms with Crippen molar-refractivity contribution in [3.05, 3.63) is 143 Å². The number of rotatable bonds is 20. The lowest BCUT2D eigenvalue weighted by Gasteiger charge is -2.28. The van der Waals surface area contributed by atoms with E-state index >= 15 is 0 Å². The number of halogens is 1. The van der Waals surface area contributed by atoms with Crippen LogP contribution in [0.4, 0.5) is 4.39 Å². The van der Waals surface area contributed by atoms with Gasteiger partial charge in [-0.25, -0.2) is 4.39 Å². The number of nitrogens with one attached hydrogen (secondary N) is 5. The van der Waals surface area contributed by atoms with E-state index in [4.69, 9.17) is 0 Å². The van der Waals surface area contributed by atoms with Crippen LogP contribution in [0.1, 0.15) is 101 Å². The number of benzene rings is 4. The zero-order valence-corrected chi connectivity index (χ0v) is 36.1. The molecule has 13 nitrogen and oxygen atoms in total. The molecule has 3 fully saturated rings. The maximum absolute atomic E-state index is 14.0. The summed E-state index contributed by atoms with van der Waals surface area (Å²) in [6, 6.07) is 31.3. The summed E-state index contributed by atoms with van der Waals surface area (Å²) in [6.45, 7) is 1.53. The fraction of sp³-hybridized carbons (Fsp3) is 0.400. The van der Waals surface area contributed by atoms with Crippen LogP contribution in [0, 0.1) is 17.7 Å². The summed E-state index contributed by atoms with van der Waals surface area (Å²) in [5, 5.41) is 25.3. The maximum Gasteiger partial charge on any atom is 0.275 e. The molecule has 2 aliphatic carbocycles. The quantitative estimate of drug-likeness (QED) is 0.0548. The third-order valence-electron chi connectivity index (χ3n) is 12.5. The first-order valence-electron chi connectivity index (χ1n) is 22.4. The number of carbonyl (C=O) groups excluding carboxylic acids is 6. The number of likely N-dealkylation sites (tertiary alicyclic amines) is 1. The summed E-state index contributed by atoms with van der Waals surface area (Å²) in [7, 11) is 0. The van der Waals surface area contributed by atoms with Crippen LogP contribution in [0.15, 0.2) is 109 Å². The highest BCUT2D eigenvalue weighted by atomic mass is 19.1. The highest BCUT2D eigenvalue weighted by Gasteiger charge is 2.49. The maximum atomic E-state index is 14.0. The van der Waals surface area contributed by atoms with Crippen LogP contribution in [0.25, 0.3) is 0 Å². The second-order valence-electron chi connectivity index (χ2n) is 17.3. The Hall–Kier alpha value is -6.41. The molecule has 2 saturated carbocycles. The van der Waals surface area contributed by atoms with E-state index in [9.17, 15) is 38.3 Å². The first kappa shape index (κ1) is 45.6. The number of hydrogen-bond donors (Lipinski definition) is 6. The predicted molar refractivity (Wildman–Crippen MR) is 238 cm³/mol. The minimum Gasteiger partial charge on any atom is -0.362 e. The van der Waals surface area contributed by atoms with E-state index < -0.39 is 53.6 Å². The van der Waals surface area contributed by atoms with Gasteiger partial charge < -0.3 is 36.6 Å². The normalized spacial score (nSPS) is 21.8. The van der Waals surface area contributed by atoms with Gasteiger partial charge in [0, 0.05) is 61.1 Å². The van der Waals surface area contributed by atoms with Crippen LogP contribution < -0.4 is 26.6 Å². The van der Waals surface area contributed by atoms with Gasteiger partial charge in [0.2, 0.25) is 23.4 Å². The molecule has 1 saturated heterocycles. The molecular formula is C50H57FN6O7. The number of amides is 6. The zero-order valence-electron chi connectivity index (χ0n) is 36.1. The number of aliphatic hydroxyl groups is 1. The molecule has 1 aliphatic heterocycles. The molecule has 0 radical (unpaired) electrons. The first-order valence-corrected chi connectivity index (χ1v) is 22.4.